The third kappa shape index (κ3) is 2.33. The highest BCUT2D eigenvalue weighted by Crippen LogP contribution is 2.20. The first-order chi connectivity index (χ1) is 7.80. The van der Waals surface area contributed by atoms with Crippen LogP contribution in [0.3, 0.4) is 0 Å². The topological polar surface area (TPSA) is 110 Å². The van der Waals surface area contributed by atoms with Crippen LogP contribution in [0.5, 0.6) is 0 Å². The van der Waals surface area contributed by atoms with Crippen molar-refractivity contribution in [2.45, 2.75) is 25.0 Å². The van der Waals surface area contributed by atoms with Gasteiger partial charge < -0.3 is 5.73 Å². The highest BCUT2D eigenvalue weighted by molar-refractivity contribution is 7.91. The molecule has 96 valence electrons. The molecule has 3 N–H and O–H groups in total. The average Bonchev–Trinajstić information content (AvgIpc) is 2.46. The maximum absolute atomic E-state index is 11.5. The molecular formula is C9H15N3O4S. The van der Waals surface area contributed by atoms with Gasteiger partial charge in [-0.2, -0.15) is 0 Å². The SMILES string of the molecule is CC1C(=O)NC(=O)CN1C1CS(=O)(=O)CC1N. The van der Waals surface area contributed by atoms with E-state index in [0.29, 0.717) is 0 Å². The number of hydrogen-bond acceptors (Lipinski definition) is 6. The third-order valence-electron chi connectivity index (χ3n) is 3.26. The zero-order valence-electron chi connectivity index (χ0n) is 9.42. The van der Waals surface area contributed by atoms with E-state index in [0.717, 1.165) is 0 Å². The molecule has 0 aromatic carbocycles. The lowest BCUT2D eigenvalue weighted by molar-refractivity contribution is -0.140. The number of piperazine rings is 1. The standard InChI is InChI=1S/C9H15N3O4S/c1-5-9(14)11-8(13)2-12(5)7-4-17(15,16)3-6(7)10/h5-7H,2-4,10H2,1H3,(H,11,13,14). The Morgan fingerprint density at radius 1 is 1.35 bits per heavy atom. The van der Waals surface area contributed by atoms with E-state index in [1.165, 1.54) is 0 Å². The van der Waals surface area contributed by atoms with Gasteiger partial charge in [-0.05, 0) is 6.92 Å². The minimum atomic E-state index is -3.16. The minimum absolute atomic E-state index is 0.0147. The van der Waals surface area contributed by atoms with E-state index in [2.05, 4.69) is 5.32 Å². The first-order valence-electron chi connectivity index (χ1n) is 5.35. The summed E-state index contributed by atoms with van der Waals surface area (Å²) >= 11 is 0. The van der Waals surface area contributed by atoms with Gasteiger partial charge in [0.05, 0.1) is 24.1 Å². The lowest BCUT2D eigenvalue weighted by Crippen LogP contribution is -2.62. The number of sulfone groups is 1. The molecular weight excluding hydrogens is 246 g/mol. The Kier molecular flexibility index (Phi) is 2.96. The molecule has 7 nitrogen and oxygen atoms in total. The van der Waals surface area contributed by atoms with Gasteiger partial charge in [0.2, 0.25) is 11.8 Å². The molecule has 2 aliphatic rings. The molecule has 17 heavy (non-hydrogen) atoms. The molecule has 0 saturated carbocycles. The number of carbonyl (C=O) groups excluding carboxylic acids is 2. The molecule has 2 rings (SSSR count). The van der Waals surface area contributed by atoms with Crippen LogP contribution in [0.15, 0.2) is 0 Å². The molecule has 0 aliphatic carbocycles. The smallest absolute Gasteiger partial charge is 0.243 e. The van der Waals surface area contributed by atoms with Crippen LogP contribution in [0.25, 0.3) is 0 Å². The summed E-state index contributed by atoms with van der Waals surface area (Å²) in [6, 6.07) is -1.52. The van der Waals surface area contributed by atoms with Crippen molar-refractivity contribution in [3.8, 4) is 0 Å². The fourth-order valence-corrected chi connectivity index (χ4v) is 4.24. The molecule has 2 saturated heterocycles. The minimum Gasteiger partial charge on any atom is -0.325 e. The van der Waals surface area contributed by atoms with Crippen LogP contribution in [0.4, 0.5) is 0 Å². The zero-order valence-corrected chi connectivity index (χ0v) is 10.2. The lowest BCUT2D eigenvalue weighted by Gasteiger charge is -2.37. The van der Waals surface area contributed by atoms with E-state index in [1.807, 2.05) is 0 Å². The number of nitrogens with two attached hydrogens (primary N) is 1. The predicted octanol–water partition coefficient (Wildman–Crippen LogP) is -2.54. The summed E-state index contributed by atoms with van der Waals surface area (Å²) in [5, 5.41) is 2.21. The Hall–Kier alpha value is -0.990. The van der Waals surface area contributed by atoms with E-state index in [9.17, 15) is 18.0 Å². The first kappa shape index (κ1) is 12.5. The summed E-state index contributed by atoms with van der Waals surface area (Å²) < 4.78 is 22.9. The summed E-state index contributed by atoms with van der Waals surface area (Å²) in [5.74, 6) is -0.988. The van der Waals surface area contributed by atoms with E-state index < -0.39 is 39.8 Å². The van der Waals surface area contributed by atoms with Gasteiger partial charge in [-0.25, -0.2) is 8.42 Å². The largest absolute Gasteiger partial charge is 0.325 e. The number of nitrogens with one attached hydrogen (secondary N) is 1. The van der Waals surface area contributed by atoms with Gasteiger partial charge in [0.15, 0.2) is 9.84 Å². The number of carbonyl (C=O) groups is 2. The van der Waals surface area contributed by atoms with Crippen molar-refractivity contribution in [3.63, 3.8) is 0 Å². The van der Waals surface area contributed by atoms with Gasteiger partial charge in [0.25, 0.3) is 0 Å². The van der Waals surface area contributed by atoms with Crippen molar-refractivity contribution < 1.29 is 18.0 Å². The summed E-state index contributed by atoms with van der Waals surface area (Å²) in [6.45, 7) is 1.65. The number of hydrogen-bond donors (Lipinski definition) is 2. The molecule has 0 aromatic rings. The van der Waals surface area contributed by atoms with Gasteiger partial charge in [0.1, 0.15) is 0 Å². The molecule has 0 spiro atoms. The monoisotopic (exact) mass is 261 g/mol. The zero-order chi connectivity index (χ0) is 12.8. The van der Waals surface area contributed by atoms with Crippen molar-refractivity contribution in [1.82, 2.24) is 10.2 Å². The molecule has 2 amide bonds. The molecule has 2 aliphatic heterocycles. The fourth-order valence-electron chi connectivity index (χ4n) is 2.34. The van der Waals surface area contributed by atoms with E-state index in [4.69, 9.17) is 5.73 Å². The molecule has 0 aromatic heterocycles. The maximum Gasteiger partial charge on any atom is 0.243 e. The molecule has 8 heteroatoms. The van der Waals surface area contributed by atoms with Gasteiger partial charge in [-0.1, -0.05) is 0 Å². The Balaban J connectivity index is 2.22. The summed E-state index contributed by atoms with van der Waals surface area (Å²) in [4.78, 5) is 24.3. The number of rotatable bonds is 1. The summed E-state index contributed by atoms with van der Waals surface area (Å²) in [7, 11) is -3.16. The lowest BCUT2D eigenvalue weighted by atomic mass is 10.1. The quantitative estimate of drug-likeness (QED) is 0.503. The normalized spacial score (nSPS) is 38.1. The van der Waals surface area contributed by atoms with Crippen LogP contribution in [0.1, 0.15) is 6.92 Å². The number of nitrogens with zero attached hydrogens (tertiary/aromatic N) is 1. The van der Waals surface area contributed by atoms with E-state index in [-0.39, 0.29) is 18.1 Å². The molecule has 0 radical (unpaired) electrons. The van der Waals surface area contributed by atoms with Crippen LogP contribution in [0, 0.1) is 0 Å². The van der Waals surface area contributed by atoms with Gasteiger partial charge >= 0.3 is 0 Å². The Labute approximate surface area is 99.2 Å². The second kappa shape index (κ2) is 4.04. The second-order valence-electron chi connectivity index (χ2n) is 4.57. The van der Waals surface area contributed by atoms with Crippen LogP contribution in [-0.4, -0.2) is 61.3 Å². The van der Waals surface area contributed by atoms with Gasteiger partial charge in [0, 0.05) is 12.1 Å². The maximum atomic E-state index is 11.5. The highest BCUT2D eigenvalue weighted by atomic mass is 32.2. The van der Waals surface area contributed by atoms with Crippen molar-refractivity contribution in [2.24, 2.45) is 5.73 Å². The Bertz CT molecular complexity index is 461. The van der Waals surface area contributed by atoms with Crippen molar-refractivity contribution in [3.05, 3.63) is 0 Å². The first-order valence-corrected chi connectivity index (χ1v) is 7.18. The van der Waals surface area contributed by atoms with Crippen molar-refractivity contribution >= 4 is 21.7 Å². The highest BCUT2D eigenvalue weighted by Gasteiger charge is 2.44. The van der Waals surface area contributed by atoms with Crippen LogP contribution >= 0.6 is 0 Å². The summed E-state index contributed by atoms with van der Waals surface area (Å²) in [6.07, 6.45) is 0. The third-order valence-corrected chi connectivity index (χ3v) is 5.00. The molecule has 2 heterocycles. The van der Waals surface area contributed by atoms with Crippen molar-refractivity contribution in [1.29, 1.82) is 0 Å². The van der Waals surface area contributed by atoms with Gasteiger partial charge in [-0.15, -0.1) is 0 Å². The molecule has 3 unspecified atom stereocenters. The number of imide groups is 1. The average molecular weight is 261 g/mol. The van der Waals surface area contributed by atoms with Crippen LogP contribution in [0.2, 0.25) is 0 Å². The summed E-state index contributed by atoms with van der Waals surface area (Å²) in [5.41, 5.74) is 5.77. The van der Waals surface area contributed by atoms with Crippen LogP contribution in [-0.2, 0) is 19.4 Å². The molecule has 2 fully saturated rings. The van der Waals surface area contributed by atoms with Crippen LogP contribution < -0.4 is 11.1 Å². The number of amides is 2. The second-order valence-corrected chi connectivity index (χ2v) is 6.72. The van der Waals surface area contributed by atoms with E-state index >= 15 is 0 Å². The molecule has 0 bridgehead atoms. The van der Waals surface area contributed by atoms with E-state index in [1.54, 1.807) is 11.8 Å². The Morgan fingerprint density at radius 3 is 2.53 bits per heavy atom. The fraction of sp³-hybridized carbons (Fsp3) is 0.778. The van der Waals surface area contributed by atoms with Crippen molar-refractivity contribution in [2.75, 3.05) is 18.1 Å². The predicted molar refractivity (Wildman–Crippen MR) is 59.7 cm³/mol. The van der Waals surface area contributed by atoms with Gasteiger partial charge in [-0.3, -0.25) is 19.8 Å². The Morgan fingerprint density at radius 2 is 2.00 bits per heavy atom. The molecule has 3 atom stereocenters.